The van der Waals surface area contributed by atoms with Crippen LogP contribution in [0.2, 0.25) is 0 Å². The van der Waals surface area contributed by atoms with Crippen molar-refractivity contribution in [1.29, 1.82) is 0 Å². The van der Waals surface area contributed by atoms with Gasteiger partial charge in [-0.3, -0.25) is 4.79 Å². The summed E-state index contributed by atoms with van der Waals surface area (Å²) in [6, 6.07) is 18.6. The summed E-state index contributed by atoms with van der Waals surface area (Å²) in [6.07, 6.45) is 0.469. The van der Waals surface area contributed by atoms with E-state index in [2.05, 4.69) is 9.97 Å². The van der Waals surface area contributed by atoms with Crippen molar-refractivity contribution >= 4 is 38.9 Å². The van der Waals surface area contributed by atoms with E-state index < -0.39 is 21.7 Å². The van der Waals surface area contributed by atoms with E-state index in [1.54, 1.807) is 81.2 Å². The normalized spacial score (nSPS) is 14.2. The number of hydrogen-bond donors (Lipinski definition) is 0. The van der Waals surface area contributed by atoms with Crippen LogP contribution in [-0.2, 0) is 26.1 Å². The van der Waals surface area contributed by atoms with Gasteiger partial charge in [-0.25, -0.2) is 28.2 Å². The molecule has 0 N–H and O–H groups in total. The smallest absolute Gasteiger partial charge is 0.424 e. The monoisotopic (exact) mass is 588 g/mol. The molecule has 3 heterocycles. The van der Waals surface area contributed by atoms with Gasteiger partial charge in [0.15, 0.2) is 5.82 Å². The van der Waals surface area contributed by atoms with Gasteiger partial charge in [0.2, 0.25) is 5.91 Å². The van der Waals surface area contributed by atoms with Crippen molar-refractivity contribution in [2.45, 2.75) is 37.8 Å². The van der Waals surface area contributed by atoms with Crippen LogP contribution in [0.3, 0.4) is 0 Å². The topological polar surface area (TPSA) is 126 Å². The molecule has 2 aromatic carbocycles. The predicted octanol–water partition coefficient (Wildman–Crippen LogP) is 4.10. The quantitative estimate of drug-likeness (QED) is 0.327. The highest BCUT2D eigenvalue weighted by atomic mass is 32.2. The summed E-state index contributed by atoms with van der Waals surface area (Å²) in [5.74, 6) is 0.512. The van der Waals surface area contributed by atoms with Crippen LogP contribution < -0.4 is 4.90 Å². The molecule has 1 aliphatic rings. The van der Waals surface area contributed by atoms with E-state index in [1.165, 1.54) is 18.5 Å². The molecule has 0 saturated carbocycles. The van der Waals surface area contributed by atoms with Crippen molar-refractivity contribution in [3.63, 3.8) is 0 Å². The molecule has 12 heteroatoms. The van der Waals surface area contributed by atoms with E-state index in [9.17, 15) is 18.0 Å². The molecule has 0 aliphatic carbocycles. The van der Waals surface area contributed by atoms with Gasteiger partial charge in [-0.1, -0.05) is 42.5 Å². The SMILES string of the molecule is CN1CCN(c2ncnc3ccc(-c4cccc(S(=O)(=O)N(Cc5ccccc5)C(=O)OC(C)(C)C)c4)nc23)CC1=O. The Balaban J connectivity index is 1.52. The molecule has 0 radical (unpaired) electrons. The van der Waals surface area contributed by atoms with Gasteiger partial charge >= 0.3 is 6.09 Å². The molecule has 42 heavy (non-hydrogen) atoms. The van der Waals surface area contributed by atoms with Gasteiger partial charge in [-0.2, -0.15) is 4.31 Å². The molecule has 2 amide bonds. The lowest BCUT2D eigenvalue weighted by molar-refractivity contribution is -0.129. The molecule has 1 aliphatic heterocycles. The predicted molar refractivity (Wildman–Crippen MR) is 158 cm³/mol. The Labute approximate surface area is 244 Å². The van der Waals surface area contributed by atoms with Crippen LogP contribution in [0, 0.1) is 0 Å². The van der Waals surface area contributed by atoms with Crippen molar-refractivity contribution in [2.24, 2.45) is 0 Å². The fraction of sp³-hybridized carbons (Fsp3) is 0.300. The first-order valence-corrected chi connectivity index (χ1v) is 14.9. The van der Waals surface area contributed by atoms with Crippen molar-refractivity contribution in [1.82, 2.24) is 24.2 Å². The fourth-order valence-corrected chi connectivity index (χ4v) is 5.85. The number of nitrogens with zero attached hydrogens (tertiary/aromatic N) is 6. The lowest BCUT2D eigenvalue weighted by Gasteiger charge is -2.32. The third-order valence-electron chi connectivity index (χ3n) is 6.70. The molecule has 0 spiro atoms. The molecule has 2 aromatic heterocycles. The highest BCUT2D eigenvalue weighted by Crippen LogP contribution is 2.29. The number of fused-ring (bicyclic) bond motifs is 1. The fourth-order valence-electron chi connectivity index (χ4n) is 4.51. The van der Waals surface area contributed by atoms with Crippen molar-refractivity contribution in [2.75, 3.05) is 31.6 Å². The average Bonchev–Trinajstić information content (AvgIpc) is 2.96. The number of rotatable bonds is 6. The summed E-state index contributed by atoms with van der Waals surface area (Å²) < 4.78 is 34.1. The van der Waals surface area contributed by atoms with Crippen LogP contribution >= 0.6 is 0 Å². The number of benzene rings is 2. The van der Waals surface area contributed by atoms with Gasteiger partial charge in [0, 0.05) is 25.7 Å². The first-order valence-electron chi connectivity index (χ1n) is 13.4. The summed E-state index contributed by atoms with van der Waals surface area (Å²) in [5, 5.41) is 0. The molecule has 4 aromatic rings. The van der Waals surface area contributed by atoms with Crippen LogP contribution in [0.5, 0.6) is 0 Å². The van der Waals surface area contributed by atoms with E-state index in [-0.39, 0.29) is 23.9 Å². The van der Waals surface area contributed by atoms with Crippen molar-refractivity contribution in [3.05, 3.63) is 78.6 Å². The minimum atomic E-state index is -4.32. The van der Waals surface area contributed by atoms with Gasteiger partial charge in [0.25, 0.3) is 10.0 Å². The first kappa shape index (κ1) is 28.9. The summed E-state index contributed by atoms with van der Waals surface area (Å²) in [5.41, 5.74) is 1.84. The Bertz CT molecular complexity index is 1740. The molecular formula is C30H32N6O5S. The van der Waals surface area contributed by atoms with Crippen LogP contribution in [0.15, 0.2) is 78.0 Å². The molecule has 0 atom stereocenters. The zero-order valence-electron chi connectivity index (χ0n) is 23.9. The number of piperazine rings is 1. The maximum atomic E-state index is 13.9. The number of sulfonamides is 1. The van der Waals surface area contributed by atoms with E-state index in [1.807, 2.05) is 11.0 Å². The van der Waals surface area contributed by atoms with Gasteiger partial charge in [0.05, 0.1) is 29.2 Å². The van der Waals surface area contributed by atoms with Gasteiger partial charge in [-0.15, -0.1) is 0 Å². The highest BCUT2D eigenvalue weighted by molar-refractivity contribution is 7.89. The minimum absolute atomic E-state index is 0.0212. The van der Waals surface area contributed by atoms with Crippen LogP contribution in [0.1, 0.15) is 26.3 Å². The van der Waals surface area contributed by atoms with Crippen LogP contribution in [0.25, 0.3) is 22.3 Å². The zero-order chi connectivity index (χ0) is 30.1. The largest absolute Gasteiger partial charge is 0.443 e. The van der Waals surface area contributed by atoms with Gasteiger partial charge < -0.3 is 14.5 Å². The third kappa shape index (κ3) is 6.18. The Morgan fingerprint density at radius 1 is 1.00 bits per heavy atom. The molecule has 0 unspecified atom stereocenters. The molecule has 11 nitrogen and oxygen atoms in total. The molecule has 0 bridgehead atoms. The summed E-state index contributed by atoms with van der Waals surface area (Å²) in [6.45, 7) is 6.17. The molecule has 1 saturated heterocycles. The summed E-state index contributed by atoms with van der Waals surface area (Å²) in [4.78, 5) is 42.5. The van der Waals surface area contributed by atoms with Crippen LogP contribution in [-0.4, -0.2) is 76.9 Å². The van der Waals surface area contributed by atoms with Crippen molar-refractivity contribution < 1.29 is 22.7 Å². The number of ether oxygens (including phenoxy) is 1. The van der Waals surface area contributed by atoms with Crippen molar-refractivity contribution in [3.8, 4) is 11.3 Å². The lowest BCUT2D eigenvalue weighted by atomic mass is 10.1. The van der Waals surface area contributed by atoms with E-state index in [0.717, 1.165) is 4.31 Å². The number of likely N-dealkylation sites (N-methyl/N-ethyl adjacent to an activating group) is 1. The third-order valence-corrected chi connectivity index (χ3v) is 8.41. The van der Waals surface area contributed by atoms with E-state index in [0.29, 0.717) is 46.8 Å². The average molecular weight is 589 g/mol. The number of amides is 2. The van der Waals surface area contributed by atoms with Crippen LogP contribution in [0.4, 0.5) is 10.6 Å². The number of anilines is 1. The molecule has 5 rings (SSSR count). The van der Waals surface area contributed by atoms with Gasteiger partial charge in [-0.05, 0) is 50.6 Å². The Kier molecular flexibility index (Phi) is 7.83. The summed E-state index contributed by atoms with van der Waals surface area (Å²) >= 11 is 0. The second-order valence-electron chi connectivity index (χ2n) is 11.0. The number of carbonyl (C=O) groups is 2. The maximum absolute atomic E-state index is 13.9. The second-order valence-corrected chi connectivity index (χ2v) is 12.9. The Hall–Kier alpha value is -4.58. The Morgan fingerprint density at radius 2 is 1.76 bits per heavy atom. The molecule has 1 fully saturated rings. The Morgan fingerprint density at radius 3 is 2.48 bits per heavy atom. The zero-order valence-corrected chi connectivity index (χ0v) is 24.7. The standard InChI is InChI=1S/C30H32N6O5S/c1-30(2,3)41-29(38)36(18-21-9-6-5-7-10-21)42(39,40)23-12-8-11-22(17-23)24-13-14-25-27(33-24)28(32-20-31-25)35-16-15-34(4)26(37)19-35/h5-14,17,20H,15-16,18-19H2,1-4H3. The minimum Gasteiger partial charge on any atom is -0.443 e. The maximum Gasteiger partial charge on any atom is 0.424 e. The number of carbonyl (C=O) groups excluding carboxylic acids is 2. The number of pyridine rings is 1. The second kappa shape index (κ2) is 11.4. The summed E-state index contributed by atoms with van der Waals surface area (Å²) in [7, 11) is -2.56. The van der Waals surface area contributed by atoms with E-state index >= 15 is 0 Å². The van der Waals surface area contributed by atoms with Gasteiger partial charge in [0.1, 0.15) is 17.4 Å². The lowest BCUT2D eigenvalue weighted by Crippen LogP contribution is -2.49. The molecule has 218 valence electrons. The number of aromatic nitrogens is 3. The first-order chi connectivity index (χ1) is 19.9. The molecular weight excluding hydrogens is 556 g/mol. The number of hydrogen-bond acceptors (Lipinski definition) is 9. The van der Waals surface area contributed by atoms with E-state index in [4.69, 9.17) is 9.72 Å². The highest BCUT2D eigenvalue weighted by Gasteiger charge is 2.33.